The van der Waals surface area contributed by atoms with Gasteiger partial charge in [-0.15, -0.1) is 0 Å². The van der Waals surface area contributed by atoms with Crippen molar-refractivity contribution in [2.75, 3.05) is 6.61 Å². The highest BCUT2D eigenvalue weighted by molar-refractivity contribution is 7.89. The first-order chi connectivity index (χ1) is 9.77. The van der Waals surface area contributed by atoms with Crippen molar-refractivity contribution < 1.29 is 17.9 Å². The molecule has 1 saturated carbocycles. The first-order valence-corrected chi connectivity index (χ1v) is 8.64. The highest BCUT2D eigenvalue weighted by Gasteiger charge is 2.33. The van der Waals surface area contributed by atoms with Crippen molar-refractivity contribution in [3.63, 3.8) is 0 Å². The van der Waals surface area contributed by atoms with E-state index in [9.17, 15) is 13.2 Å². The summed E-state index contributed by atoms with van der Waals surface area (Å²) in [6, 6.07) is -0.0882. The molecule has 0 amide bonds. The van der Waals surface area contributed by atoms with E-state index in [-0.39, 0.29) is 23.2 Å². The van der Waals surface area contributed by atoms with Crippen LogP contribution in [0.25, 0.3) is 0 Å². The van der Waals surface area contributed by atoms with E-state index in [2.05, 4.69) is 9.71 Å². The fraction of sp³-hybridized carbons (Fsp3) is 0.643. The van der Waals surface area contributed by atoms with E-state index in [1.807, 2.05) is 6.92 Å². The topological polar surface area (TPSA) is 88.3 Å². The summed E-state index contributed by atoms with van der Waals surface area (Å²) < 4.78 is 32.7. The smallest absolute Gasteiger partial charge is 0.355 e. The summed E-state index contributed by atoms with van der Waals surface area (Å²) in [7, 11) is -3.64. The number of esters is 1. The minimum atomic E-state index is -3.64. The molecule has 2 rings (SSSR count). The summed E-state index contributed by atoms with van der Waals surface area (Å²) in [6.07, 6.45) is 2.12. The molecule has 0 saturated heterocycles. The molecule has 1 aliphatic carbocycles. The number of hydrogen-bond donors (Lipinski definition) is 2. The molecule has 1 heterocycles. The molecule has 1 aromatic rings. The number of sulfonamides is 1. The van der Waals surface area contributed by atoms with Crippen molar-refractivity contribution in [2.24, 2.45) is 5.92 Å². The monoisotopic (exact) mass is 314 g/mol. The lowest BCUT2D eigenvalue weighted by molar-refractivity contribution is 0.0519. The first-order valence-electron chi connectivity index (χ1n) is 7.16. The van der Waals surface area contributed by atoms with Crippen LogP contribution in [-0.4, -0.2) is 32.0 Å². The van der Waals surface area contributed by atoms with Gasteiger partial charge in [-0.25, -0.2) is 17.9 Å². The molecule has 118 valence electrons. The molecule has 0 aromatic carbocycles. The van der Waals surface area contributed by atoms with Crippen molar-refractivity contribution in [3.05, 3.63) is 17.0 Å². The van der Waals surface area contributed by atoms with E-state index in [1.54, 1.807) is 20.8 Å². The number of hydrogen-bond acceptors (Lipinski definition) is 4. The van der Waals surface area contributed by atoms with E-state index < -0.39 is 16.0 Å². The lowest BCUT2D eigenvalue weighted by Crippen LogP contribution is -2.34. The maximum Gasteiger partial charge on any atom is 0.355 e. The van der Waals surface area contributed by atoms with Crippen LogP contribution in [0.1, 0.15) is 48.4 Å². The summed E-state index contributed by atoms with van der Waals surface area (Å²) in [5.74, 6) is -0.112. The minimum absolute atomic E-state index is 0.0882. The number of ether oxygens (including phenoxy) is 1. The Labute approximate surface area is 125 Å². The summed E-state index contributed by atoms with van der Waals surface area (Å²) in [4.78, 5) is 14.8. The van der Waals surface area contributed by atoms with Crippen LogP contribution in [0.2, 0.25) is 0 Å². The molecule has 0 spiro atoms. The Morgan fingerprint density at radius 3 is 2.57 bits per heavy atom. The number of H-pyrrole nitrogens is 1. The minimum Gasteiger partial charge on any atom is -0.461 e. The number of carbonyl (C=O) groups is 1. The third-order valence-electron chi connectivity index (χ3n) is 3.79. The van der Waals surface area contributed by atoms with Gasteiger partial charge in [0, 0.05) is 17.3 Å². The van der Waals surface area contributed by atoms with E-state index in [0.717, 1.165) is 12.8 Å². The number of aryl methyl sites for hydroxylation is 1. The third kappa shape index (κ3) is 3.29. The van der Waals surface area contributed by atoms with E-state index >= 15 is 0 Å². The van der Waals surface area contributed by atoms with Gasteiger partial charge in [-0.05, 0) is 46.5 Å². The molecule has 1 aliphatic rings. The standard InChI is InChI=1S/C14H22N2O4S/c1-5-20-14(17)12-8(2)13(10(4)15-12)21(18,19)16-9(3)11-6-7-11/h9,11,15-16H,5-7H2,1-4H3. The second kappa shape index (κ2) is 5.81. The molecule has 7 heteroatoms. The number of carbonyl (C=O) groups excluding carboxylic acids is 1. The van der Waals surface area contributed by atoms with Crippen LogP contribution in [0.3, 0.4) is 0 Å². The molecule has 1 unspecified atom stereocenters. The summed E-state index contributed by atoms with van der Waals surface area (Å²) in [5, 5.41) is 0. The van der Waals surface area contributed by atoms with Crippen LogP contribution in [0.15, 0.2) is 4.90 Å². The van der Waals surface area contributed by atoms with Gasteiger partial charge in [-0.3, -0.25) is 0 Å². The van der Waals surface area contributed by atoms with Gasteiger partial charge < -0.3 is 9.72 Å². The average Bonchev–Trinajstić information content (AvgIpc) is 3.15. The zero-order chi connectivity index (χ0) is 15.8. The highest BCUT2D eigenvalue weighted by Crippen LogP contribution is 2.33. The summed E-state index contributed by atoms with van der Waals surface area (Å²) in [5.41, 5.74) is 1.06. The molecular formula is C14H22N2O4S. The van der Waals surface area contributed by atoms with E-state index in [1.165, 1.54) is 0 Å². The van der Waals surface area contributed by atoms with Gasteiger partial charge in [-0.2, -0.15) is 0 Å². The molecule has 0 aliphatic heterocycles. The maximum absolute atomic E-state index is 12.5. The Kier molecular flexibility index (Phi) is 4.43. The highest BCUT2D eigenvalue weighted by atomic mass is 32.2. The quantitative estimate of drug-likeness (QED) is 0.785. The second-order valence-corrected chi connectivity index (χ2v) is 7.20. The zero-order valence-corrected chi connectivity index (χ0v) is 13.6. The average molecular weight is 314 g/mol. The fourth-order valence-electron chi connectivity index (χ4n) is 2.54. The van der Waals surface area contributed by atoms with Crippen LogP contribution in [0, 0.1) is 19.8 Å². The van der Waals surface area contributed by atoms with Crippen LogP contribution >= 0.6 is 0 Å². The Bertz CT molecular complexity index is 644. The van der Waals surface area contributed by atoms with Gasteiger partial charge in [0.15, 0.2) is 0 Å². The van der Waals surface area contributed by atoms with Gasteiger partial charge in [0.1, 0.15) is 10.6 Å². The van der Waals surface area contributed by atoms with E-state index in [4.69, 9.17) is 4.74 Å². The molecule has 0 bridgehead atoms. The Balaban J connectivity index is 2.32. The summed E-state index contributed by atoms with van der Waals surface area (Å²) >= 11 is 0. The molecule has 6 nitrogen and oxygen atoms in total. The lowest BCUT2D eigenvalue weighted by Gasteiger charge is -2.13. The van der Waals surface area contributed by atoms with Crippen molar-refractivity contribution in [1.82, 2.24) is 9.71 Å². The maximum atomic E-state index is 12.5. The molecule has 1 aromatic heterocycles. The zero-order valence-electron chi connectivity index (χ0n) is 12.8. The fourth-order valence-corrected chi connectivity index (χ4v) is 4.30. The molecule has 0 radical (unpaired) electrons. The normalized spacial score (nSPS) is 16.8. The predicted octanol–water partition coefficient (Wildman–Crippen LogP) is 1.89. The largest absolute Gasteiger partial charge is 0.461 e. The predicted molar refractivity (Wildman–Crippen MR) is 78.7 cm³/mol. The van der Waals surface area contributed by atoms with Crippen LogP contribution < -0.4 is 4.72 Å². The van der Waals surface area contributed by atoms with Gasteiger partial charge in [0.05, 0.1) is 6.61 Å². The molecule has 2 N–H and O–H groups in total. The second-order valence-electron chi connectivity index (χ2n) is 5.55. The van der Waals surface area contributed by atoms with E-state index in [0.29, 0.717) is 17.2 Å². The van der Waals surface area contributed by atoms with Gasteiger partial charge >= 0.3 is 5.97 Å². The molecule has 1 atom stereocenters. The van der Waals surface area contributed by atoms with Gasteiger partial charge in [0.2, 0.25) is 10.0 Å². The molecule has 21 heavy (non-hydrogen) atoms. The third-order valence-corrected chi connectivity index (χ3v) is 5.62. The summed E-state index contributed by atoms with van der Waals surface area (Å²) in [6.45, 7) is 7.09. The first kappa shape index (κ1) is 16.0. The van der Waals surface area contributed by atoms with Gasteiger partial charge in [-0.1, -0.05) is 0 Å². The Morgan fingerprint density at radius 1 is 1.43 bits per heavy atom. The van der Waals surface area contributed by atoms with Crippen molar-refractivity contribution in [2.45, 2.75) is 51.5 Å². The van der Waals surface area contributed by atoms with Crippen molar-refractivity contribution >= 4 is 16.0 Å². The van der Waals surface area contributed by atoms with Crippen LogP contribution in [0.5, 0.6) is 0 Å². The number of aromatic nitrogens is 1. The van der Waals surface area contributed by atoms with Gasteiger partial charge in [0.25, 0.3) is 0 Å². The number of rotatable bonds is 6. The molecule has 1 fully saturated rings. The Morgan fingerprint density at radius 2 is 2.05 bits per heavy atom. The molecular weight excluding hydrogens is 292 g/mol. The van der Waals surface area contributed by atoms with Crippen LogP contribution in [-0.2, 0) is 14.8 Å². The van der Waals surface area contributed by atoms with Crippen molar-refractivity contribution in [1.29, 1.82) is 0 Å². The SMILES string of the molecule is CCOC(=O)c1[nH]c(C)c(S(=O)(=O)NC(C)C2CC2)c1C. The van der Waals surface area contributed by atoms with Crippen LogP contribution in [0.4, 0.5) is 0 Å². The number of aromatic amines is 1. The Hall–Kier alpha value is -1.34. The number of nitrogens with one attached hydrogen (secondary N) is 2. The van der Waals surface area contributed by atoms with Crippen molar-refractivity contribution in [3.8, 4) is 0 Å². The lowest BCUT2D eigenvalue weighted by atomic mass is 10.2.